The lowest BCUT2D eigenvalue weighted by Gasteiger charge is -2.23. The van der Waals surface area contributed by atoms with E-state index in [2.05, 4.69) is 27.5 Å². The largest absolute Gasteiger partial charge is 0.388 e. The maximum atomic E-state index is 10.0. The van der Waals surface area contributed by atoms with E-state index in [1.165, 1.54) is 0 Å². The minimum atomic E-state index is -0.696. The summed E-state index contributed by atoms with van der Waals surface area (Å²) >= 11 is 0. The van der Waals surface area contributed by atoms with Gasteiger partial charge in [-0.3, -0.25) is 0 Å². The summed E-state index contributed by atoms with van der Waals surface area (Å²) in [5, 5.41) is 16.2. The van der Waals surface area contributed by atoms with Gasteiger partial charge in [-0.1, -0.05) is 13.3 Å². The van der Waals surface area contributed by atoms with Crippen LogP contribution in [0.15, 0.2) is 12.3 Å². The second kappa shape index (κ2) is 6.39. The molecule has 1 unspecified atom stereocenters. The molecule has 0 spiro atoms. The van der Waals surface area contributed by atoms with E-state index < -0.39 is 5.60 Å². The van der Waals surface area contributed by atoms with Gasteiger partial charge < -0.3 is 15.7 Å². The van der Waals surface area contributed by atoms with Crippen LogP contribution < -0.4 is 10.6 Å². The zero-order valence-electron chi connectivity index (χ0n) is 10.8. The minimum absolute atomic E-state index is 0.490. The highest BCUT2D eigenvalue weighted by atomic mass is 16.3. The summed E-state index contributed by atoms with van der Waals surface area (Å²) in [6.07, 6.45) is 3.42. The third-order valence-electron chi connectivity index (χ3n) is 2.43. The molecule has 1 aromatic rings. The first-order valence-corrected chi connectivity index (χ1v) is 6.10. The molecule has 0 saturated carbocycles. The molecule has 0 aromatic carbocycles. The van der Waals surface area contributed by atoms with E-state index in [1.54, 1.807) is 12.3 Å². The smallest absolute Gasteiger partial charge is 0.224 e. The second-order valence-corrected chi connectivity index (χ2v) is 4.40. The van der Waals surface area contributed by atoms with Crippen LogP contribution in [-0.4, -0.2) is 33.8 Å². The number of aromatic nitrogens is 2. The molecule has 0 saturated heterocycles. The predicted octanol–water partition coefficient (Wildman–Crippen LogP) is 1.87. The van der Waals surface area contributed by atoms with Gasteiger partial charge in [0, 0.05) is 19.3 Å². The third kappa shape index (κ3) is 4.99. The number of aliphatic hydroxyl groups is 1. The summed E-state index contributed by atoms with van der Waals surface area (Å²) in [7, 11) is 0. The second-order valence-electron chi connectivity index (χ2n) is 4.40. The first kappa shape index (κ1) is 13.7. The van der Waals surface area contributed by atoms with Crippen molar-refractivity contribution in [2.75, 3.05) is 23.7 Å². The number of nitrogens with one attached hydrogen (secondary N) is 2. The Morgan fingerprint density at radius 2 is 2.12 bits per heavy atom. The SMILES string of the molecule is CCCC(C)(O)CNc1ccnc(NCC)n1. The highest BCUT2D eigenvalue weighted by molar-refractivity contribution is 5.39. The van der Waals surface area contributed by atoms with E-state index >= 15 is 0 Å². The summed E-state index contributed by atoms with van der Waals surface area (Å²) in [6, 6.07) is 1.79. The highest BCUT2D eigenvalue weighted by Gasteiger charge is 2.18. The molecule has 17 heavy (non-hydrogen) atoms. The first-order chi connectivity index (χ1) is 8.07. The van der Waals surface area contributed by atoms with Crippen LogP contribution in [0.1, 0.15) is 33.6 Å². The molecule has 0 bridgehead atoms. The van der Waals surface area contributed by atoms with Crippen molar-refractivity contribution in [3.8, 4) is 0 Å². The molecule has 0 amide bonds. The van der Waals surface area contributed by atoms with E-state index in [4.69, 9.17) is 0 Å². The van der Waals surface area contributed by atoms with Gasteiger partial charge in [-0.05, 0) is 26.3 Å². The Bertz CT molecular complexity index is 341. The molecular weight excluding hydrogens is 216 g/mol. The zero-order chi connectivity index (χ0) is 12.7. The molecule has 1 atom stereocenters. The molecule has 96 valence electrons. The molecule has 5 nitrogen and oxygen atoms in total. The Labute approximate surface area is 103 Å². The number of nitrogens with zero attached hydrogens (tertiary/aromatic N) is 2. The van der Waals surface area contributed by atoms with Gasteiger partial charge in [0.25, 0.3) is 0 Å². The Morgan fingerprint density at radius 3 is 2.76 bits per heavy atom. The van der Waals surface area contributed by atoms with E-state index in [1.807, 2.05) is 13.8 Å². The fourth-order valence-electron chi connectivity index (χ4n) is 1.61. The molecule has 0 radical (unpaired) electrons. The fraction of sp³-hybridized carbons (Fsp3) is 0.667. The summed E-state index contributed by atoms with van der Waals surface area (Å²) in [6.45, 7) is 7.16. The van der Waals surface area contributed by atoms with Gasteiger partial charge in [0.15, 0.2) is 0 Å². The van der Waals surface area contributed by atoms with Crippen LogP contribution in [0.25, 0.3) is 0 Å². The van der Waals surface area contributed by atoms with Crippen molar-refractivity contribution < 1.29 is 5.11 Å². The van der Waals surface area contributed by atoms with Crippen LogP contribution in [0.2, 0.25) is 0 Å². The fourth-order valence-corrected chi connectivity index (χ4v) is 1.61. The maximum absolute atomic E-state index is 10.0. The van der Waals surface area contributed by atoms with Crippen molar-refractivity contribution in [2.24, 2.45) is 0 Å². The number of hydrogen-bond donors (Lipinski definition) is 3. The first-order valence-electron chi connectivity index (χ1n) is 6.10. The molecule has 0 aliphatic carbocycles. The quantitative estimate of drug-likeness (QED) is 0.676. The van der Waals surface area contributed by atoms with Crippen molar-refractivity contribution in [3.05, 3.63) is 12.3 Å². The molecule has 3 N–H and O–H groups in total. The van der Waals surface area contributed by atoms with Gasteiger partial charge in [0.1, 0.15) is 5.82 Å². The molecule has 0 fully saturated rings. The topological polar surface area (TPSA) is 70.1 Å². The van der Waals surface area contributed by atoms with Crippen molar-refractivity contribution >= 4 is 11.8 Å². The predicted molar refractivity (Wildman–Crippen MR) is 70.2 cm³/mol. The van der Waals surface area contributed by atoms with Gasteiger partial charge >= 0.3 is 0 Å². The average molecular weight is 238 g/mol. The molecule has 0 aliphatic heterocycles. The van der Waals surface area contributed by atoms with Gasteiger partial charge in [-0.2, -0.15) is 4.98 Å². The molecular formula is C12H22N4O. The van der Waals surface area contributed by atoms with E-state index in [0.29, 0.717) is 12.5 Å². The normalized spacial score (nSPS) is 14.1. The zero-order valence-corrected chi connectivity index (χ0v) is 10.8. The van der Waals surface area contributed by atoms with Gasteiger partial charge in [0.05, 0.1) is 5.60 Å². The monoisotopic (exact) mass is 238 g/mol. The number of rotatable bonds is 7. The van der Waals surface area contributed by atoms with Crippen molar-refractivity contribution in [1.29, 1.82) is 0 Å². The summed E-state index contributed by atoms with van der Waals surface area (Å²) in [5.74, 6) is 1.33. The van der Waals surface area contributed by atoms with Crippen LogP contribution in [-0.2, 0) is 0 Å². The van der Waals surface area contributed by atoms with Crippen LogP contribution in [0.4, 0.5) is 11.8 Å². The summed E-state index contributed by atoms with van der Waals surface area (Å²) in [4.78, 5) is 8.37. The minimum Gasteiger partial charge on any atom is -0.388 e. The van der Waals surface area contributed by atoms with Crippen molar-refractivity contribution in [3.63, 3.8) is 0 Å². The highest BCUT2D eigenvalue weighted by Crippen LogP contribution is 2.13. The lowest BCUT2D eigenvalue weighted by atomic mass is 10.0. The van der Waals surface area contributed by atoms with Gasteiger partial charge in [0.2, 0.25) is 5.95 Å². The molecule has 1 heterocycles. The number of hydrogen-bond acceptors (Lipinski definition) is 5. The van der Waals surface area contributed by atoms with Gasteiger partial charge in [-0.15, -0.1) is 0 Å². The lowest BCUT2D eigenvalue weighted by Crippen LogP contribution is -2.33. The summed E-state index contributed by atoms with van der Waals surface area (Å²) < 4.78 is 0. The Hall–Kier alpha value is -1.36. The van der Waals surface area contributed by atoms with E-state index in [9.17, 15) is 5.11 Å². The third-order valence-corrected chi connectivity index (χ3v) is 2.43. The Morgan fingerprint density at radius 1 is 1.35 bits per heavy atom. The van der Waals surface area contributed by atoms with Crippen molar-refractivity contribution in [2.45, 2.75) is 39.2 Å². The Balaban J connectivity index is 2.53. The summed E-state index contributed by atoms with van der Waals surface area (Å²) in [5.41, 5.74) is -0.696. The Kier molecular flexibility index (Phi) is 5.15. The molecule has 1 aromatic heterocycles. The standard InChI is InChI=1S/C12H22N4O/c1-4-7-12(3,17)9-15-10-6-8-14-11(16-10)13-5-2/h6,8,17H,4-5,7,9H2,1-3H3,(H2,13,14,15,16). The average Bonchev–Trinajstić information content (AvgIpc) is 2.28. The van der Waals surface area contributed by atoms with Gasteiger partial charge in [-0.25, -0.2) is 4.98 Å². The van der Waals surface area contributed by atoms with E-state index in [0.717, 1.165) is 25.2 Å². The maximum Gasteiger partial charge on any atom is 0.224 e. The van der Waals surface area contributed by atoms with Crippen LogP contribution in [0, 0.1) is 0 Å². The van der Waals surface area contributed by atoms with Crippen LogP contribution in [0.3, 0.4) is 0 Å². The van der Waals surface area contributed by atoms with Crippen LogP contribution >= 0.6 is 0 Å². The molecule has 0 aliphatic rings. The number of anilines is 2. The lowest BCUT2D eigenvalue weighted by molar-refractivity contribution is 0.0636. The van der Waals surface area contributed by atoms with E-state index in [-0.39, 0.29) is 0 Å². The van der Waals surface area contributed by atoms with Crippen molar-refractivity contribution in [1.82, 2.24) is 9.97 Å². The van der Waals surface area contributed by atoms with Crippen LogP contribution in [0.5, 0.6) is 0 Å². The molecule has 5 heteroatoms. The molecule has 1 rings (SSSR count).